The number of hydrogen-bond donors (Lipinski definition) is 0. The van der Waals surface area contributed by atoms with Gasteiger partial charge >= 0.3 is 0 Å². The maximum atomic E-state index is 3.23. The summed E-state index contributed by atoms with van der Waals surface area (Å²) in [5.41, 5.74) is 4.32. The molecule has 0 aliphatic heterocycles. The van der Waals surface area contributed by atoms with Crippen LogP contribution in [0.15, 0.2) is 71.9 Å². The standard InChI is InChI=1S/C20H14/c1-2-8-17(7-1)13-15-19-11-5-6-12-20(19)16-14-18-9-3-4-10-18/h1-7,9,11-12H,8,10H2. The van der Waals surface area contributed by atoms with Crippen LogP contribution < -0.4 is 0 Å². The predicted octanol–water partition coefficient (Wildman–Crippen LogP) is 4.16. The third-order valence-corrected chi connectivity index (χ3v) is 3.19. The maximum Gasteiger partial charge on any atom is 0.0405 e. The van der Waals surface area contributed by atoms with Crippen molar-refractivity contribution in [3.63, 3.8) is 0 Å². The van der Waals surface area contributed by atoms with Gasteiger partial charge in [0.05, 0.1) is 0 Å². The van der Waals surface area contributed by atoms with Gasteiger partial charge < -0.3 is 0 Å². The maximum absolute atomic E-state index is 3.23. The molecule has 2 aliphatic rings. The minimum absolute atomic E-state index is 0.944. The second kappa shape index (κ2) is 5.96. The Morgan fingerprint density at radius 3 is 1.55 bits per heavy atom. The van der Waals surface area contributed by atoms with E-state index in [-0.39, 0.29) is 0 Å². The average molecular weight is 254 g/mol. The van der Waals surface area contributed by atoms with Crippen molar-refractivity contribution in [2.45, 2.75) is 12.8 Å². The van der Waals surface area contributed by atoms with Gasteiger partial charge in [-0.05, 0) is 25.0 Å². The molecule has 0 saturated carbocycles. The molecule has 0 N–H and O–H groups in total. The monoisotopic (exact) mass is 254 g/mol. The van der Waals surface area contributed by atoms with Crippen LogP contribution in [0.3, 0.4) is 0 Å². The fourth-order valence-electron chi connectivity index (χ4n) is 2.08. The van der Waals surface area contributed by atoms with E-state index in [4.69, 9.17) is 0 Å². The van der Waals surface area contributed by atoms with Crippen molar-refractivity contribution in [1.29, 1.82) is 0 Å². The highest BCUT2D eigenvalue weighted by atomic mass is 14.0. The zero-order valence-electron chi connectivity index (χ0n) is 11.2. The van der Waals surface area contributed by atoms with Crippen LogP contribution in [-0.2, 0) is 0 Å². The molecule has 0 fully saturated rings. The van der Waals surface area contributed by atoms with E-state index in [1.165, 1.54) is 0 Å². The molecule has 2 aliphatic carbocycles. The Balaban J connectivity index is 1.84. The van der Waals surface area contributed by atoms with Crippen molar-refractivity contribution in [3.05, 3.63) is 83.0 Å². The van der Waals surface area contributed by atoms with Gasteiger partial charge in [-0.1, -0.05) is 72.3 Å². The van der Waals surface area contributed by atoms with E-state index in [0.717, 1.165) is 35.1 Å². The Morgan fingerprint density at radius 1 is 0.650 bits per heavy atom. The first kappa shape index (κ1) is 12.3. The highest BCUT2D eigenvalue weighted by Crippen LogP contribution is 2.12. The van der Waals surface area contributed by atoms with Gasteiger partial charge in [0.15, 0.2) is 0 Å². The first-order valence-corrected chi connectivity index (χ1v) is 6.76. The van der Waals surface area contributed by atoms with Crippen molar-refractivity contribution in [1.82, 2.24) is 0 Å². The average Bonchev–Trinajstić information content (AvgIpc) is 3.17. The zero-order chi connectivity index (χ0) is 13.6. The normalized spacial score (nSPS) is 15.0. The molecule has 0 aromatic heterocycles. The molecule has 1 aromatic carbocycles. The molecule has 0 saturated heterocycles. The molecule has 20 heavy (non-hydrogen) atoms. The van der Waals surface area contributed by atoms with Crippen molar-refractivity contribution < 1.29 is 0 Å². The molecule has 0 heterocycles. The number of rotatable bonds is 0. The van der Waals surface area contributed by atoms with Gasteiger partial charge in [-0.3, -0.25) is 0 Å². The summed E-state index contributed by atoms with van der Waals surface area (Å²) in [7, 11) is 0. The fraction of sp³-hybridized carbons (Fsp3) is 0.100. The largest absolute Gasteiger partial charge is 0.0794 e. The van der Waals surface area contributed by atoms with Crippen LogP contribution in [0.1, 0.15) is 24.0 Å². The molecule has 0 radical (unpaired) electrons. The van der Waals surface area contributed by atoms with Crippen LogP contribution in [0.25, 0.3) is 0 Å². The fourth-order valence-corrected chi connectivity index (χ4v) is 2.08. The van der Waals surface area contributed by atoms with Crippen molar-refractivity contribution in [2.75, 3.05) is 0 Å². The van der Waals surface area contributed by atoms with Crippen molar-refractivity contribution in [3.8, 4) is 23.7 Å². The number of benzene rings is 1. The Hall–Kier alpha value is -2.70. The molecule has 0 unspecified atom stereocenters. The topological polar surface area (TPSA) is 0 Å². The van der Waals surface area contributed by atoms with Gasteiger partial charge in [-0.15, -0.1) is 0 Å². The van der Waals surface area contributed by atoms with Crippen LogP contribution in [0.4, 0.5) is 0 Å². The molecule has 94 valence electrons. The van der Waals surface area contributed by atoms with E-state index in [1.54, 1.807) is 0 Å². The predicted molar refractivity (Wildman–Crippen MR) is 83.9 cm³/mol. The van der Waals surface area contributed by atoms with Crippen molar-refractivity contribution >= 4 is 0 Å². The van der Waals surface area contributed by atoms with Crippen LogP contribution in [0.5, 0.6) is 0 Å². The third kappa shape index (κ3) is 3.00. The van der Waals surface area contributed by atoms with E-state index in [0.29, 0.717) is 0 Å². The lowest BCUT2D eigenvalue weighted by atomic mass is 10.1. The molecule has 0 heteroatoms. The Kier molecular flexibility index (Phi) is 3.68. The lowest BCUT2D eigenvalue weighted by Crippen LogP contribution is -1.83. The summed E-state index contributed by atoms with van der Waals surface area (Å²) in [6, 6.07) is 8.07. The quantitative estimate of drug-likeness (QED) is 0.610. The molecule has 0 nitrogen and oxygen atoms in total. The van der Waals surface area contributed by atoms with E-state index >= 15 is 0 Å². The summed E-state index contributed by atoms with van der Waals surface area (Å²) < 4.78 is 0. The molecule has 1 aromatic rings. The molecular weight excluding hydrogens is 240 g/mol. The van der Waals surface area contributed by atoms with Gasteiger partial charge in [0.2, 0.25) is 0 Å². The first-order valence-electron chi connectivity index (χ1n) is 6.76. The van der Waals surface area contributed by atoms with E-state index in [1.807, 2.05) is 24.3 Å². The highest BCUT2D eigenvalue weighted by Gasteiger charge is 1.98. The summed E-state index contributed by atoms with van der Waals surface area (Å²) >= 11 is 0. The Morgan fingerprint density at radius 2 is 1.15 bits per heavy atom. The lowest BCUT2D eigenvalue weighted by Gasteiger charge is -1.95. The van der Waals surface area contributed by atoms with Crippen LogP contribution in [0, 0.1) is 23.7 Å². The first-order chi connectivity index (χ1) is 9.92. The second-order valence-corrected chi connectivity index (χ2v) is 4.69. The summed E-state index contributed by atoms with van der Waals surface area (Å²) in [6.45, 7) is 0. The molecule has 0 amide bonds. The molecular formula is C20H14. The van der Waals surface area contributed by atoms with E-state index < -0.39 is 0 Å². The van der Waals surface area contributed by atoms with Gasteiger partial charge in [0, 0.05) is 22.3 Å². The minimum Gasteiger partial charge on any atom is -0.0794 e. The SMILES string of the molecule is C(#Cc1ccccc1C#CC1=CC=CC1)C1=CC=CC1. The Bertz CT molecular complexity index is 692. The van der Waals surface area contributed by atoms with Gasteiger partial charge in [0.25, 0.3) is 0 Å². The van der Waals surface area contributed by atoms with Gasteiger partial charge in [-0.2, -0.15) is 0 Å². The Labute approximate surface area is 120 Å². The minimum atomic E-state index is 0.944. The molecule has 3 rings (SSSR count). The summed E-state index contributed by atoms with van der Waals surface area (Å²) in [4.78, 5) is 0. The van der Waals surface area contributed by atoms with Gasteiger partial charge in [0.1, 0.15) is 0 Å². The summed E-state index contributed by atoms with van der Waals surface area (Å²) in [6.07, 6.45) is 14.4. The highest BCUT2D eigenvalue weighted by molar-refractivity contribution is 5.54. The number of allylic oxidation sites excluding steroid dienone is 8. The van der Waals surface area contributed by atoms with Crippen LogP contribution in [0.2, 0.25) is 0 Å². The molecule has 0 atom stereocenters. The number of hydrogen-bond acceptors (Lipinski definition) is 0. The molecule has 0 bridgehead atoms. The third-order valence-electron chi connectivity index (χ3n) is 3.19. The van der Waals surface area contributed by atoms with E-state index in [9.17, 15) is 0 Å². The summed E-state index contributed by atoms with van der Waals surface area (Å²) in [5, 5.41) is 0. The van der Waals surface area contributed by atoms with Crippen LogP contribution >= 0.6 is 0 Å². The van der Waals surface area contributed by atoms with Gasteiger partial charge in [-0.25, -0.2) is 0 Å². The lowest BCUT2D eigenvalue weighted by molar-refractivity contribution is 1.36. The second-order valence-electron chi connectivity index (χ2n) is 4.69. The molecule has 0 spiro atoms. The smallest absolute Gasteiger partial charge is 0.0405 e. The zero-order valence-corrected chi connectivity index (χ0v) is 11.2. The van der Waals surface area contributed by atoms with Crippen molar-refractivity contribution in [2.24, 2.45) is 0 Å². The summed E-state index contributed by atoms with van der Waals surface area (Å²) in [5.74, 6) is 12.9. The van der Waals surface area contributed by atoms with Crippen LogP contribution in [-0.4, -0.2) is 0 Å². The van der Waals surface area contributed by atoms with E-state index in [2.05, 4.69) is 60.1 Å².